The Hall–Kier alpha value is -2.08. The predicted octanol–water partition coefficient (Wildman–Crippen LogP) is 1.50. The van der Waals surface area contributed by atoms with Gasteiger partial charge in [-0.1, -0.05) is 12.1 Å². The summed E-state index contributed by atoms with van der Waals surface area (Å²) >= 11 is 0. The molecule has 0 saturated carbocycles. The highest BCUT2D eigenvalue weighted by molar-refractivity contribution is 5.83. The molecule has 0 heterocycles. The van der Waals surface area contributed by atoms with Crippen molar-refractivity contribution in [2.75, 3.05) is 33.8 Å². The SMILES string of the molecule is CCN(CC)C(=O)CN(C)C(C)C(=O)NCc1cccc(OC)c1. The van der Waals surface area contributed by atoms with Crippen LogP contribution in [0.1, 0.15) is 26.3 Å². The molecule has 134 valence electrons. The first-order chi connectivity index (χ1) is 11.4. The molecule has 1 rings (SSSR count). The van der Waals surface area contributed by atoms with Crippen LogP contribution in [0.5, 0.6) is 5.75 Å². The van der Waals surface area contributed by atoms with E-state index in [0.29, 0.717) is 19.6 Å². The molecule has 0 bridgehead atoms. The number of methoxy groups -OCH3 is 1. The van der Waals surface area contributed by atoms with Gasteiger partial charge in [-0.15, -0.1) is 0 Å². The van der Waals surface area contributed by atoms with E-state index in [9.17, 15) is 9.59 Å². The van der Waals surface area contributed by atoms with Gasteiger partial charge in [-0.2, -0.15) is 0 Å². The Balaban J connectivity index is 2.52. The van der Waals surface area contributed by atoms with E-state index < -0.39 is 0 Å². The van der Waals surface area contributed by atoms with Crippen molar-refractivity contribution in [1.29, 1.82) is 0 Å². The predicted molar refractivity (Wildman–Crippen MR) is 94.9 cm³/mol. The normalized spacial score (nSPS) is 11.9. The average molecular weight is 335 g/mol. The summed E-state index contributed by atoms with van der Waals surface area (Å²) in [6.07, 6.45) is 0. The van der Waals surface area contributed by atoms with Crippen molar-refractivity contribution in [3.63, 3.8) is 0 Å². The molecule has 24 heavy (non-hydrogen) atoms. The average Bonchev–Trinajstić information content (AvgIpc) is 2.60. The van der Waals surface area contributed by atoms with Gasteiger partial charge in [0.15, 0.2) is 0 Å². The smallest absolute Gasteiger partial charge is 0.237 e. The van der Waals surface area contributed by atoms with Gasteiger partial charge in [0.05, 0.1) is 19.7 Å². The fraction of sp³-hybridized carbons (Fsp3) is 0.556. The van der Waals surface area contributed by atoms with Crippen LogP contribution < -0.4 is 10.1 Å². The van der Waals surface area contributed by atoms with E-state index in [1.807, 2.05) is 38.1 Å². The number of nitrogens with one attached hydrogen (secondary N) is 1. The molecule has 1 aromatic rings. The van der Waals surface area contributed by atoms with Crippen LogP contribution in [0.25, 0.3) is 0 Å². The fourth-order valence-electron chi connectivity index (χ4n) is 2.35. The number of hydrogen-bond donors (Lipinski definition) is 1. The Bertz CT molecular complexity index is 544. The van der Waals surface area contributed by atoms with Crippen LogP contribution in [-0.4, -0.2) is 61.4 Å². The van der Waals surface area contributed by atoms with Gasteiger partial charge in [0.25, 0.3) is 0 Å². The van der Waals surface area contributed by atoms with Crippen molar-refractivity contribution in [1.82, 2.24) is 15.1 Å². The maximum absolute atomic E-state index is 12.3. The first-order valence-electron chi connectivity index (χ1n) is 8.31. The van der Waals surface area contributed by atoms with Crippen LogP contribution in [-0.2, 0) is 16.1 Å². The number of carbonyl (C=O) groups is 2. The summed E-state index contributed by atoms with van der Waals surface area (Å²) in [7, 11) is 3.40. The maximum Gasteiger partial charge on any atom is 0.237 e. The Morgan fingerprint density at radius 2 is 1.92 bits per heavy atom. The minimum absolute atomic E-state index is 0.0370. The molecule has 0 spiro atoms. The van der Waals surface area contributed by atoms with Crippen molar-refractivity contribution in [2.45, 2.75) is 33.4 Å². The third-order valence-electron chi connectivity index (χ3n) is 4.14. The van der Waals surface area contributed by atoms with Gasteiger partial charge in [0.1, 0.15) is 5.75 Å². The van der Waals surface area contributed by atoms with Crippen LogP contribution in [0.2, 0.25) is 0 Å². The monoisotopic (exact) mass is 335 g/mol. The quantitative estimate of drug-likeness (QED) is 0.743. The summed E-state index contributed by atoms with van der Waals surface area (Å²) in [6, 6.07) is 7.19. The lowest BCUT2D eigenvalue weighted by Gasteiger charge is -2.26. The molecule has 0 aliphatic rings. The van der Waals surface area contributed by atoms with Gasteiger partial charge in [-0.05, 0) is 45.5 Å². The summed E-state index contributed by atoms with van der Waals surface area (Å²) in [6.45, 7) is 7.72. The molecular weight excluding hydrogens is 306 g/mol. The maximum atomic E-state index is 12.3. The lowest BCUT2D eigenvalue weighted by Crippen LogP contribution is -2.47. The standard InChI is InChI=1S/C18H29N3O3/c1-6-21(7-2)17(22)13-20(4)14(3)18(23)19-12-15-9-8-10-16(11-15)24-5/h8-11,14H,6-7,12-13H2,1-5H3,(H,19,23). The van der Waals surface area contributed by atoms with Crippen LogP contribution in [0.15, 0.2) is 24.3 Å². The largest absolute Gasteiger partial charge is 0.497 e. The minimum Gasteiger partial charge on any atom is -0.497 e. The van der Waals surface area contributed by atoms with Crippen LogP contribution in [0.4, 0.5) is 0 Å². The molecule has 1 unspecified atom stereocenters. The molecule has 0 aromatic heterocycles. The molecule has 0 radical (unpaired) electrons. The van der Waals surface area contributed by atoms with Gasteiger partial charge in [0.2, 0.25) is 11.8 Å². The van der Waals surface area contributed by atoms with Crippen molar-refractivity contribution in [3.05, 3.63) is 29.8 Å². The summed E-state index contributed by atoms with van der Waals surface area (Å²) in [5.74, 6) is 0.694. The number of rotatable bonds is 9. The molecule has 0 saturated heterocycles. The van der Waals surface area contributed by atoms with Gasteiger partial charge < -0.3 is 15.0 Å². The highest BCUT2D eigenvalue weighted by Gasteiger charge is 2.21. The zero-order chi connectivity index (χ0) is 18.1. The second kappa shape index (κ2) is 9.93. The summed E-state index contributed by atoms with van der Waals surface area (Å²) in [5, 5.41) is 2.90. The number of likely N-dealkylation sites (N-methyl/N-ethyl adjacent to an activating group) is 2. The van der Waals surface area contributed by atoms with E-state index in [1.54, 1.807) is 30.9 Å². The molecule has 1 N–H and O–H groups in total. The molecule has 6 heteroatoms. The van der Waals surface area contributed by atoms with Crippen molar-refractivity contribution >= 4 is 11.8 Å². The minimum atomic E-state index is -0.380. The number of nitrogens with zero attached hydrogens (tertiary/aromatic N) is 2. The van der Waals surface area contributed by atoms with Gasteiger partial charge in [-0.3, -0.25) is 14.5 Å². The number of amides is 2. The molecule has 0 aliphatic heterocycles. The first kappa shape index (κ1) is 20.0. The lowest BCUT2D eigenvalue weighted by molar-refractivity contribution is -0.133. The van der Waals surface area contributed by atoms with Crippen LogP contribution >= 0.6 is 0 Å². The first-order valence-corrected chi connectivity index (χ1v) is 8.31. The van der Waals surface area contributed by atoms with Crippen molar-refractivity contribution in [3.8, 4) is 5.75 Å². The Morgan fingerprint density at radius 1 is 1.25 bits per heavy atom. The topological polar surface area (TPSA) is 61.9 Å². The molecule has 0 aliphatic carbocycles. The highest BCUT2D eigenvalue weighted by Crippen LogP contribution is 2.12. The van der Waals surface area contributed by atoms with Gasteiger partial charge >= 0.3 is 0 Å². The molecule has 2 amide bonds. The number of carbonyl (C=O) groups excluding carboxylic acids is 2. The number of ether oxygens (including phenoxy) is 1. The molecule has 1 aromatic carbocycles. The fourth-order valence-corrected chi connectivity index (χ4v) is 2.35. The van der Waals surface area contributed by atoms with E-state index in [4.69, 9.17) is 4.74 Å². The highest BCUT2D eigenvalue weighted by atomic mass is 16.5. The number of hydrogen-bond acceptors (Lipinski definition) is 4. The molecule has 1 atom stereocenters. The summed E-state index contributed by atoms with van der Waals surface area (Å²) in [4.78, 5) is 28.0. The van der Waals surface area contributed by atoms with Crippen molar-refractivity contribution < 1.29 is 14.3 Å². The van der Waals surface area contributed by atoms with Gasteiger partial charge in [0, 0.05) is 19.6 Å². The summed E-state index contributed by atoms with van der Waals surface area (Å²) in [5.41, 5.74) is 0.969. The van der Waals surface area contributed by atoms with E-state index in [2.05, 4.69) is 5.32 Å². The second-order valence-corrected chi connectivity index (χ2v) is 5.73. The zero-order valence-electron chi connectivity index (χ0n) is 15.3. The Morgan fingerprint density at radius 3 is 2.50 bits per heavy atom. The third kappa shape index (κ3) is 5.85. The van der Waals surface area contributed by atoms with E-state index in [-0.39, 0.29) is 24.4 Å². The summed E-state index contributed by atoms with van der Waals surface area (Å²) < 4.78 is 5.17. The Labute approximate surface area is 144 Å². The van der Waals surface area contributed by atoms with E-state index in [0.717, 1.165) is 11.3 Å². The molecule has 6 nitrogen and oxygen atoms in total. The van der Waals surface area contributed by atoms with E-state index in [1.165, 1.54) is 0 Å². The Kier molecular flexibility index (Phi) is 8.26. The molecular formula is C18H29N3O3. The van der Waals surface area contributed by atoms with Crippen LogP contribution in [0, 0.1) is 0 Å². The van der Waals surface area contributed by atoms with Crippen molar-refractivity contribution in [2.24, 2.45) is 0 Å². The zero-order valence-corrected chi connectivity index (χ0v) is 15.3. The molecule has 0 fully saturated rings. The van der Waals surface area contributed by atoms with E-state index >= 15 is 0 Å². The van der Waals surface area contributed by atoms with Crippen LogP contribution in [0.3, 0.4) is 0 Å². The third-order valence-corrected chi connectivity index (χ3v) is 4.14. The lowest BCUT2D eigenvalue weighted by atomic mass is 10.2. The van der Waals surface area contributed by atoms with Gasteiger partial charge in [-0.25, -0.2) is 0 Å². The number of benzene rings is 1. The second-order valence-electron chi connectivity index (χ2n) is 5.73.